The van der Waals surface area contributed by atoms with Crippen LogP contribution in [0.15, 0.2) is 0 Å². The molecule has 0 spiro atoms. The highest BCUT2D eigenvalue weighted by Gasteiger charge is 2.33. The van der Waals surface area contributed by atoms with E-state index in [1.165, 1.54) is 6.42 Å². The first kappa shape index (κ1) is 13.5. The Balaban J connectivity index is 2.07. The number of hydrogen-bond donors (Lipinski definition) is 0. The summed E-state index contributed by atoms with van der Waals surface area (Å²) in [5.74, 6) is 0.741. The second kappa shape index (κ2) is 6.87. The molecule has 0 amide bonds. The average molecular weight is 279 g/mol. The highest BCUT2D eigenvalue weighted by Crippen LogP contribution is 2.34. The van der Waals surface area contributed by atoms with Crippen molar-refractivity contribution in [2.75, 3.05) is 31.8 Å². The topological polar surface area (TPSA) is 18.5 Å². The molecule has 3 heteroatoms. The van der Waals surface area contributed by atoms with Crippen LogP contribution in [0.1, 0.15) is 33.1 Å². The van der Waals surface area contributed by atoms with Crippen molar-refractivity contribution in [3.05, 3.63) is 0 Å². The van der Waals surface area contributed by atoms with Gasteiger partial charge in [-0.25, -0.2) is 0 Å². The molecule has 90 valence electrons. The Morgan fingerprint density at radius 3 is 2.73 bits per heavy atom. The van der Waals surface area contributed by atoms with Crippen LogP contribution in [-0.4, -0.2) is 31.8 Å². The van der Waals surface area contributed by atoms with Gasteiger partial charge in [-0.05, 0) is 25.2 Å². The summed E-state index contributed by atoms with van der Waals surface area (Å²) in [7, 11) is 0. The summed E-state index contributed by atoms with van der Waals surface area (Å²) in [4.78, 5) is 0. The van der Waals surface area contributed by atoms with E-state index in [1.807, 2.05) is 0 Å². The SMILES string of the molecule is CC(C)CCOCCC1(CBr)CCOC1. The number of halogens is 1. The maximum atomic E-state index is 5.66. The summed E-state index contributed by atoms with van der Waals surface area (Å²) >= 11 is 3.59. The van der Waals surface area contributed by atoms with Crippen LogP contribution in [0.2, 0.25) is 0 Å². The van der Waals surface area contributed by atoms with E-state index < -0.39 is 0 Å². The normalized spacial score (nSPS) is 26.4. The molecule has 0 bridgehead atoms. The molecular weight excluding hydrogens is 256 g/mol. The molecule has 2 nitrogen and oxygen atoms in total. The molecule has 0 aliphatic carbocycles. The number of alkyl halides is 1. The van der Waals surface area contributed by atoms with Crippen molar-refractivity contribution in [2.45, 2.75) is 33.1 Å². The van der Waals surface area contributed by atoms with E-state index in [1.54, 1.807) is 0 Å². The summed E-state index contributed by atoms with van der Waals surface area (Å²) in [6, 6.07) is 0. The fourth-order valence-electron chi connectivity index (χ4n) is 1.73. The molecule has 15 heavy (non-hydrogen) atoms. The van der Waals surface area contributed by atoms with Crippen molar-refractivity contribution in [3.8, 4) is 0 Å². The zero-order valence-electron chi connectivity index (χ0n) is 9.93. The molecule has 0 N–H and O–H groups in total. The van der Waals surface area contributed by atoms with Crippen molar-refractivity contribution in [1.29, 1.82) is 0 Å². The third-order valence-electron chi connectivity index (χ3n) is 3.08. The van der Waals surface area contributed by atoms with E-state index in [0.29, 0.717) is 5.41 Å². The average Bonchev–Trinajstić information content (AvgIpc) is 2.66. The fraction of sp³-hybridized carbons (Fsp3) is 1.00. The molecule has 0 aromatic carbocycles. The first-order chi connectivity index (χ1) is 7.18. The van der Waals surface area contributed by atoms with Gasteiger partial charge in [-0.2, -0.15) is 0 Å². The van der Waals surface area contributed by atoms with Gasteiger partial charge in [0.25, 0.3) is 0 Å². The van der Waals surface area contributed by atoms with E-state index in [4.69, 9.17) is 9.47 Å². The van der Waals surface area contributed by atoms with Gasteiger partial charge in [0.2, 0.25) is 0 Å². The molecule has 1 aliphatic rings. The van der Waals surface area contributed by atoms with Crippen molar-refractivity contribution >= 4 is 15.9 Å². The first-order valence-electron chi connectivity index (χ1n) is 5.90. The maximum absolute atomic E-state index is 5.66. The van der Waals surface area contributed by atoms with Gasteiger partial charge in [-0.1, -0.05) is 29.8 Å². The summed E-state index contributed by atoms with van der Waals surface area (Å²) in [6.45, 7) is 8.05. The summed E-state index contributed by atoms with van der Waals surface area (Å²) in [6.07, 6.45) is 3.46. The Morgan fingerprint density at radius 1 is 1.40 bits per heavy atom. The van der Waals surface area contributed by atoms with Gasteiger partial charge < -0.3 is 9.47 Å². The smallest absolute Gasteiger partial charge is 0.0532 e. The quantitative estimate of drug-likeness (QED) is 0.526. The molecule has 1 saturated heterocycles. The van der Waals surface area contributed by atoms with Crippen LogP contribution < -0.4 is 0 Å². The van der Waals surface area contributed by atoms with Gasteiger partial charge >= 0.3 is 0 Å². The van der Waals surface area contributed by atoms with Crippen LogP contribution in [0.4, 0.5) is 0 Å². The summed E-state index contributed by atoms with van der Waals surface area (Å²) < 4.78 is 11.1. The standard InChI is InChI=1S/C12H23BrO2/c1-11(2)3-6-14-7-4-12(9-13)5-8-15-10-12/h11H,3-10H2,1-2H3. The monoisotopic (exact) mass is 278 g/mol. The Bertz CT molecular complexity index is 165. The molecule has 1 rings (SSSR count). The maximum Gasteiger partial charge on any atom is 0.0532 e. The van der Waals surface area contributed by atoms with E-state index in [0.717, 1.165) is 50.5 Å². The van der Waals surface area contributed by atoms with Crippen molar-refractivity contribution < 1.29 is 9.47 Å². The largest absolute Gasteiger partial charge is 0.381 e. The highest BCUT2D eigenvalue weighted by molar-refractivity contribution is 9.09. The lowest BCUT2D eigenvalue weighted by Gasteiger charge is -2.24. The van der Waals surface area contributed by atoms with Crippen LogP contribution in [-0.2, 0) is 9.47 Å². The van der Waals surface area contributed by atoms with Gasteiger partial charge in [0.05, 0.1) is 6.61 Å². The van der Waals surface area contributed by atoms with Crippen molar-refractivity contribution in [1.82, 2.24) is 0 Å². The Labute approximate surface area is 102 Å². The zero-order chi connectivity index (χ0) is 11.1. The van der Waals surface area contributed by atoms with Gasteiger partial charge in [0.15, 0.2) is 0 Å². The zero-order valence-corrected chi connectivity index (χ0v) is 11.5. The molecule has 0 radical (unpaired) electrons. The third kappa shape index (κ3) is 4.83. The molecular formula is C12H23BrO2. The van der Waals surface area contributed by atoms with E-state index >= 15 is 0 Å². The van der Waals surface area contributed by atoms with E-state index in [2.05, 4.69) is 29.8 Å². The van der Waals surface area contributed by atoms with Gasteiger partial charge in [-0.3, -0.25) is 0 Å². The predicted octanol–water partition coefficient (Wildman–Crippen LogP) is 3.24. The number of hydrogen-bond acceptors (Lipinski definition) is 2. The van der Waals surface area contributed by atoms with Crippen LogP contribution in [0, 0.1) is 11.3 Å². The summed E-state index contributed by atoms with van der Waals surface area (Å²) in [5.41, 5.74) is 0.345. The van der Waals surface area contributed by atoms with Crippen LogP contribution in [0.25, 0.3) is 0 Å². The Morgan fingerprint density at radius 2 is 2.20 bits per heavy atom. The first-order valence-corrected chi connectivity index (χ1v) is 7.02. The van der Waals surface area contributed by atoms with Crippen molar-refractivity contribution in [2.24, 2.45) is 11.3 Å². The molecule has 1 unspecified atom stereocenters. The van der Waals surface area contributed by atoms with E-state index in [9.17, 15) is 0 Å². The molecule has 0 saturated carbocycles. The minimum Gasteiger partial charge on any atom is -0.381 e. The lowest BCUT2D eigenvalue weighted by atomic mass is 9.87. The molecule has 1 aliphatic heterocycles. The van der Waals surface area contributed by atoms with Gasteiger partial charge in [0.1, 0.15) is 0 Å². The molecule has 0 aromatic rings. The van der Waals surface area contributed by atoms with E-state index in [-0.39, 0.29) is 0 Å². The lowest BCUT2D eigenvalue weighted by molar-refractivity contribution is 0.0843. The van der Waals surface area contributed by atoms with Gasteiger partial charge in [0, 0.05) is 30.6 Å². The lowest BCUT2D eigenvalue weighted by Crippen LogP contribution is -2.25. The Hall–Kier alpha value is 0.400. The minimum absolute atomic E-state index is 0.345. The molecule has 1 fully saturated rings. The third-order valence-corrected chi connectivity index (χ3v) is 4.27. The van der Waals surface area contributed by atoms with Crippen LogP contribution in [0.5, 0.6) is 0 Å². The summed E-state index contributed by atoms with van der Waals surface area (Å²) in [5, 5.41) is 1.04. The molecule has 1 heterocycles. The molecule has 1 atom stereocenters. The molecule has 0 aromatic heterocycles. The second-order valence-electron chi connectivity index (χ2n) is 4.98. The highest BCUT2D eigenvalue weighted by atomic mass is 79.9. The van der Waals surface area contributed by atoms with Crippen molar-refractivity contribution in [3.63, 3.8) is 0 Å². The second-order valence-corrected chi connectivity index (χ2v) is 5.54. The van der Waals surface area contributed by atoms with Gasteiger partial charge in [-0.15, -0.1) is 0 Å². The van der Waals surface area contributed by atoms with Crippen LogP contribution in [0.3, 0.4) is 0 Å². The Kier molecular flexibility index (Phi) is 6.17. The number of ether oxygens (including phenoxy) is 2. The fourth-order valence-corrected chi connectivity index (χ4v) is 2.45. The number of rotatable bonds is 7. The van der Waals surface area contributed by atoms with Crippen LogP contribution >= 0.6 is 15.9 Å². The minimum atomic E-state index is 0.345. The predicted molar refractivity (Wildman–Crippen MR) is 66.6 cm³/mol.